The molecule has 3 fully saturated rings. The summed E-state index contributed by atoms with van der Waals surface area (Å²) >= 11 is 0. The second-order valence-electron chi connectivity index (χ2n) is 9.83. The van der Waals surface area contributed by atoms with E-state index >= 15 is 0 Å². The van der Waals surface area contributed by atoms with E-state index < -0.39 is 17.7 Å². The number of fused-ring (bicyclic) bond motifs is 1. The van der Waals surface area contributed by atoms with Crippen LogP contribution in [-0.4, -0.2) is 64.6 Å². The Hall–Kier alpha value is -2.30. The molecule has 1 heterocycles. The number of carbonyl (C=O) groups is 3. The molecule has 0 aromatic carbocycles. The van der Waals surface area contributed by atoms with Crippen molar-refractivity contribution in [1.82, 2.24) is 9.80 Å². The number of likely N-dealkylation sites (tertiary alicyclic amines) is 1. The molecule has 2 amide bonds. The highest BCUT2D eigenvalue weighted by atomic mass is 16.6. The normalized spacial score (nSPS) is 30.5. The molecule has 30 heavy (non-hydrogen) atoms. The molecular weight excluding hydrogens is 386 g/mol. The zero-order valence-corrected chi connectivity index (χ0v) is 18.4. The van der Waals surface area contributed by atoms with Crippen LogP contribution in [0.25, 0.3) is 0 Å². The lowest BCUT2D eigenvalue weighted by molar-refractivity contribution is -0.146. The third-order valence-electron chi connectivity index (χ3n) is 6.38. The molecule has 3 aliphatic rings. The molecule has 0 spiro atoms. The topological polar surface area (TPSA) is 99.9 Å². The van der Waals surface area contributed by atoms with Crippen LogP contribution in [0.5, 0.6) is 0 Å². The number of nitriles is 1. The molecule has 0 aromatic heterocycles. The van der Waals surface area contributed by atoms with Gasteiger partial charge in [0.25, 0.3) is 0 Å². The minimum absolute atomic E-state index is 0.0453. The zero-order valence-electron chi connectivity index (χ0n) is 18.4. The van der Waals surface area contributed by atoms with Crippen LogP contribution in [0.3, 0.4) is 0 Å². The zero-order chi connectivity index (χ0) is 22.1. The van der Waals surface area contributed by atoms with Crippen LogP contribution in [0.1, 0.15) is 66.2 Å². The molecule has 3 unspecified atom stereocenters. The first kappa shape index (κ1) is 22.4. The molecule has 166 valence electrons. The van der Waals surface area contributed by atoms with Crippen molar-refractivity contribution in [2.45, 2.75) is 90.0 Å². The fourth-order valence-electron chi connectivity index (χ4n) is 5.21. The van der Waals surface area contributed by atoms with Crippen molar-refractivity contribution >= 4 is 18.0 Å². The van der Waals surface area contributed by atoms with Crippen molar-refractivity contribution in [1.29, 1.82) is 5.26 Å². The second-order valence-corrected chi connectivity index (χ2v) is 9.83. The van der Waals surface area contributed by atoms with Gasteiger partial charge in [0, 0.05) is 19.5 Å². The Morgan fingerprint density at radius 3 is 2.30 bits per heavy atom. The van der Waals surface area contributed by atoms with Gasteiger partial charge in [-0.25, -0.2) is 4.79 Å². The summed E-state index contributed by atoms with van der Waals surface area (Å²) in [6.07, 6.45) is 4.12. The van der Waals surface area contributed by atoms with Crippen molar-refractivity contribution in [2.24, 2.45) is 11.8 Å². The van der Waals surface area contributed by atoms with Crippen LogP contribution in [0.4, 0.5) is 4.79 Å². The molecular formula is C22H33N3O5. The van der Waals surface area contributed by atoms with Crippen LogP contribution >= 0.6 is 0 Å². The summed E-state index contributed by atoms with van der Waals surface area (Å²) in [5, 5.41) is 9.30. The minimum atomic E-state index is -0.657. The number of carbonyl (C=O) groups excluding carboxylic acids is 3. The van der Waals surface area contributed by atoms with Crippen molar-refractivity contribution in [3.8, 4) is 6.07 Å². The quantitative estimate of drug-likeness (QED) is 0.650. The van der Waals surface area contributed by atoms with Crippen molar-refractivity contribution in [2.75, 3.05) is 13.1 Å². The SMILES string of the molecule is CC(=O)OC1CC2CC(N(CC(=O)N3CCCC3C#N)C(=O)OC(C)(C)C)CC2C1. The lowest BCUT2D eigenvalue weighted by Gasteiger charge is -2.33. The van der Waals surface area contributed by atoms with E-state index in [9.17, 15) is 19.6 Å². The molecule has 8 heteroatoms. The number of rotatable bonds is 4. The van der Waals surface area contributed by atoms with Crippen LogP contribution < -0.4 is 0 Å². The van der Waals surface area contributed by atoms with Gasteiger partial charge in [0.1, 0.15) is 24.3 Å². The minimum Gasteiger partial charge on any atom is -0.463 e. The Bertz CT molecular complexity index is 711. The summed E-state index contributed by atoms with van der Waals surface area (Å²) in [6.45, 7) is 7.35. The van der Waals surface area contributed by atoms with Gasteiger partial charge >= 0.3 is 12.1 Å². The Labute approximate surface area is 178 Å². The summed E-state index contributed by atoms with van der Waals surface area (Å²) in [6, 6.07) is 1.69. The van der Waals surface area contributed by atoms with Crippen molar-refractivity contribution in [3.05, 3.63) is 0 Å². The number of esters is 1. The molecule has 3 atom stereocenters. The monoisotopic (exact) mass is 419 g/mol. The number of amides is 2. The van der Waals surface area contributed by atoms with E-state index in [2.05, 4.69) is 6.07 Å². The molecule has 8 nitrogen and oxygen atoms in total. The number of hydrogen-bond acceptors (Lipinski definition) is 6. The number of nitrogens with zero attached hydrogens (tertiary/aromatic N) is 3. The highest BCUT2D eigenvalue weighted by molar-refractivity contribution is 5.83. The lowest BCUT2D eigenvalue weighted by Crippen LogP contribution is -2.49. The maximum Gasteiger partial charge on any atom is 0.411 e. The molecule has 0 N–H and O–H groups in total. The van der Waals surface area contributed by atoms with Gasteiger partial charge < -0.3 is 14.4 Å². The molecule has 2 saturated carbocycles. The average molecular weight is 420 g/mol. The van der Waals surface area contributed by atoms with E-state index in [-0.39, 0.29) is 30.6 Å². The van der Waals surface area contributed by atoms with Crippen molar-refractivity contribution in [3.63, 3.8) is 0 Å². The molecule has 3 rings (SSSR count). The van der Waals surface area contributed by atoms with Crippen LogP contribution in [0.2, 0.25) is 0 Å². The van der Waals surface area contributed by atoms with E-state index in [4.69, 9.17) is 9.47 Å². The Kier molecular flexibility index (Phi) is 6.59. The van der Waals surface area contributed by atoms with E-state index in [1.54, 1.807) is 9.80 Å². The van der Waals surface area contributed by atoms with Crippen molar-refractivity contribution < 1.29 is 23.9 Å². The van der Waals surface area contributed by atoms with Gasteiger partial charge in [-0.15, -0.1) is 0 Å². The Balaban J connectivity index is 1.68. The summed E-state index contributed by atoms with van der Waals surface area (Å²) in [7, 11) is 0. The summed E-state index contributed by atoms with van der Waals surface area (Å²) in [5.41, 5.74) is -0.657. The summed E-state index contributed by atoms with van der Waals surface area (Å²) in [4.78, 5) is 40.3. The van der Waals surface area contributed by atoms with Crippen LogP contribution in [0.15, 0.2) is 0 Å². The van der Waals surface area contributed by atoms with Crippen LogP contribution in [0, 0.1) is 23.2 Å². The van der Waals surface area contributed by atoms with Gasteiger partial charge in [-0.05, 0) is 71.1 Å². The highest BCUT2D eigenvalue weighted by Crippen LogP contribution is 2.47. The summed E-state index contributed by atoms with van der Waals surface area (Å²) in [5.74, 6) is 0.297. The van der Waals surface area contributed by atoms with Crippen LogP contribution in [-0.2, 0) is 19.1 Å². The van der Waals surface area contributed by atoms with Gasteiger partial charge in [0.05, 0.1) is 6.07 Å². The van der Waals surface area contributed by atoms with E-state index in [0.717, 1.165) is 32.1 Å². The third-order valence-corrected chi connectivity index (χ3v) is 6.38. The van der Waals surface area contributed by atoms with Gasteiger partial charge in [-0.2, -0.15) is 5.26 Å². The fourth-order valence-corrected chi connectivity index (χ4v) is 5.21. The first-order valence-corrected chi connectivity index (χ1v) is 10.9. The van der Waals surface area contributed by atoms with E-state index in [0.29, 0.717) is 24.8 Å². The summed E-state index contributed by atoms with van der Waals surface area (Å²) < 4.78 is 11.0. The first-order chi connectivity index (χ1) is 14.1. The molecule has 1 saturated heterocycles. The van der Waals surface area contributed by atoms with Gasteiger partial charge in [-0.3, -0.25) is 14.5 Å². The molecule has 0 radical (unpaired) electrons. The largest absolute Gasteiger partial charge is 0.463 e. The number of ether oxygens (including phenoxy) is 2. The third kappa shape index (κ3) is 5.24. The Morgan fingerprint density at radius 2 is 1.77 bits per heavy atom. The lowest BCUT2D eigenvalue weighted by atomic mass is 10.0. The molecule has 1 aliphatic heterocycles. The predicted octanol–water partition coefficient (Wildman–Crippen LogP) is 2.86. The average Bonchev–Trinajstić information content (AvgIpc) is 3.31. The highest BCUT2D eigenvalue weighted by Gasteiger charge is 2.46. The van der Waals surface area contributed by atoms with Gasteiger partial charge in [0.15, 0.2) is 0 Å². The smallest absolute Gasteiger partial charge is 0.411 e. The van der Waals surface area contributed by atoms with Gasteiger partial charge in [-0.1, -0.05) is 0 Å². The molecule has 0 bridgehead atoms. The standard InChI is InChI=1S/C22H33N3O5/c1-14(26)29-19-10-15-8-18(9-16(15)11-19)25(21(28)30-22(2,3)4)13-20(27)24-7-5-6-17(24)12-23/h15-19H,5-11,13H2,1-4H3. The maximum absolute atomic E-state index is 13.0. The van der Waals surface area contributed by atoms with Gasteiger partial charge in [0.2, 0.25) is 5.91 Å². The second kappa shape index (κ2) is 8.83. The molecule has 0 aromatic rings. The van der Waals surface area contributed by atoms with E-state index in [1.165, 1.54) is 6.92 Å². The number of hydrogen-bond donors (Lipinski definition) is 0. The predicted molar refractivity (Wildman–Crippen MR) is 108 cm³/mol. The Morgan fingerprint density at radius 1 is 1.13 bits per heavy atom. The molecule has 2 aliphatic carbocycles. The fraction of sp³-hybridized carbons (Fsp3) is 0.818. The first-order valence-electron chi connectivity index (χ1n) is 10.9. The van der Waals surface area contributed by atoms with E-state index in [1.807, 2.05) is 20.8 Å². The maximum atomic E-state index is 13.0.